The summed E-state index contributed by atoms with van der Waals surface area (Å²) in [5.41, 5.74) is -2.27. The average Bonchev–Trinajstić information content (AvgIpc) is 3.84. The highest BCUT2D eigenvalue weighted by Gasteiger charge is 2.84. The summed E-state index contributed by atoms with van der Waals surface area (Å²) in [5.74, 6) is -4.63. The van der Waals surface area contributed by atoms with Gasteiger partial charge in [-0.3, -0.25) is 14.4 Å². The van der Waals surface area contributed by atoms with E-state index in [9.17, 15) is 24.0 Å². The van der Waals surface area contributed by atoms with Gasteiger partial charge in [-0.05, 0) is 60.6 Å². The number of ether oxygens (including phenoxy) is 5. The summed E-state index contributed by atoms with van der Waals surface area (Å²) in [6.45, 7) is 11.8. The lowest BCUT2D eigenvalue weighted by Crippen LogP contribution is -2.43. The van der Waals surface area contributed by atoms with Crippen LogP contribution in [0.25, 0.3) is 0 Å². The van der Waals surface area contributed by atoms with E-state index >= 15 is 0 Å². The van der Waals surface area contributed by atoms with E-state index in [4.69, 9.17) is 23.7 Å². The maximum absolute atomic E-state index is 14.7. The summed E-state index contributed by atoms with van der Waals surface area (Å²) in [6, 6.07) is 17.0. The van der Waals surface area contributed by atoms with Crippen LogP contribution in [-0.4, -0.2) is 65.3 Å². The van der Waals surface area contributed by atoms with Crippen molar-refractivity contribution in [3.05, 3.63) is 83.4 Å². The predicted molar refractivity (Wildman–Crippen MR) is 171 cm³/mol. The molecule has 0 spiro atoms. The maximum atomic E-state index is 14.7. The van der Waals surface area contributed by atoms with Gasteiger partial charge < -0.3 is 23.7 Å². The monoisotopic (exact) mass is 658 g/mol. The van der Waals surface area contributed by atoms with Gasteiger partial charge in [0.1, 0.15) is 18.3 Å². The van der Waals surface area contributed by atoms with E-state index in [0.29, 0.717) is 16.7 Å². The van der Waals surface area contributed by atoms with E-state index in [1.54, 1.807) is 80.6 Å². The van der Waals surface area contributed by atoms with E-state index in [1.807, 2.05) is 20.8 Å². The number of hydrogen-bond donors (Lipinski definition) is 0. The molecule has 0 aromatic heterocycles. The number of benzene rings is 2. The first kappa shape index (κ1) is 33.6. The van der Waals surface area contributed by atoms with E-state index in [0.717, 1.165) is 0 Å². The minimum atomic E-state index is -1.41. The fourth-order valence-electron chi connectivity index (χ4n) is 8.55. The molecule has 3 fully saturated rings. The van der Waals surface area contributed by atoms with Crippen LogP contribution in [-0.2, 0) is 38.1 Å². The molecule has 1 saturated heterocycles. The van der Waals surface area contributed by atoms with Crippen LogP contribution in [0.3, 0.4) is 0 Å². The van der Waals surface area contributed by atoms with E-state index < -0.39 is 82.7 Å². The van der Waals surface area contributed by atoms with Gasteiger partial charge in [-0.2, -0.15) is 0 Å². The van der Waals surface area contributed by atoms with Crippen LogP contribution in [0.15, 0.2) is 72.3 Å². The molecule has 0 radical (unpaired) electrons. The fraction of sp³-hybridized carbons (Fsp3) is 0.500. The number of carbonyl (C=O) groups excluding carboxylic acids is 5. The molecule has 2 aromatic rings. The molecule has 10 unspecified atom stereocenters. The first-order valence-corrected chi connectivity index (χ1v) is 16.4. The number of esters is 4. The molecule has 2 aromatic carbocycles. The zero-order valence-electron chi connectivity index (χ0n) is 28.3. The van der Waals surface area contributed by atoms with Crippen molar-refractivity contribution in [3.63, 3.8) is 0 Å². The molecule has 254 valence electrons. The van der Waals surface area contributed by atoms with Gasteiger partial charge in [0.15, 0.2) is 23.1 Å². The van der Waals surface area contributed by atoms with E-state index in [2.05, 4.69) is 0 Å². The van der Waals surface area contributed by atoms with Crippen LogP contribution < -0.4 is 0 Å². The van der Waals surface area contributed by atoms with Gasteiger partial charge in [0.25, 0.3) is 0 Å². The summed E-state index contributed by atoms with van der Waals surface area (Å²) in [6.07, 6.45) is -1.92. The molecule has 6 rings (SSSR count). The van der Waals surface area contributed by atoms with Crippen LogP contribution in [0, 0.1) is 29.1 Å². The molecule has 0 bridgehead atoms. The molecule has 10 atom stereocenters. The first-order chi connectivity index (χ1) is 22.6. The number of epoxide rings is 1. The molecule has 3 aliphatic carbocycles. The van der Waals surface area contributed by atoms with Crippen molar-refractivity contribution in [2.45, 2.75) is 90.5 Å². The number of fused-ring (bicyclic) bond motifs is 1. The topological polar surface area (TPSA) is 135 Å². The molecule has 1 aliphatic heterocycles. The number of hydrogen-bond acceptors (Lipinski definition) is 10. The van der Waals surface area contributed by atoms with Gasteiger partial charge in [-0.15, -0.1) is 0 Å². The summed E-state index contributed by atoms with van der Waals surface area (Å²) in [5, 5.41) is 0. The van der Waals surface area contributed by atoms with Crippen LogP contribution in [0.1, 0.15) is 75.6 Å². The third-order valence-electron chi connectivity index (χ3n) is 10.8. The molecule has 0 N–H and O–H groups in total. The maximum Gasteiger partial charge on any atom is 0.338 e. The van der Waals surface area contributed by atoms with Crippen LogP contribution in [0.2, 0.25) is 0 Å². The highest BCUT2D eigenvalue weighted by atomic mass is 16.7. The second kappa shape index (κ2) is 12.0. The Morgan fingerprint density at radius 2 is 1.25 bits per heavy atom. The Balaban J connectivity index is 1.51. The SMILES string of the molecule is CC(=O)OC1C(C)C(=O)C23CC(C)C(OC(=O)c4ccccc4)C2(C=C(C)C(OC(=O)c2ccccc2)C(OC(C)=O)C2C1C2(C)C)O3. The van der Waals surface area contributed by atoms with Crippen LogP contribution >= 0.6 is 0 Å². The summed E-state index contributed by atoms with van der Waals surface area (Å²) >= 11 is 0. The highest BCUT2D eigenvalue weighted by molar-refractivity contribution is 5.96. The van der Waals surface area contributed by atoms with E-state index in [1.165, 1.54) is 13.8 Å². The summed E-state index contributed by atoms with van der Waals surface area (Å²) in [4.78, 5) is 66.9. The third-order valence-corrected chi connectivity index (χ3v) is 10.8. The minimum absolute atomic E-state index is 0.249. The van der Waals surface area contributed by atoms with Crippen molar-refractivity contribution >= 4 is 29.7 Å². The van der Waals surface area contributed by atoms with Gasteiger partial charge in [-0.25, -0.2) is 9.59 Å². The summed E-state index contributed by atoms with van der Waals surface area (Å²) in [7, 11) is 0. The Labute approximate surface area is 280 Å². The van der Waals surface area contributed by atoms with E-state index in [-0.39, 0.29) is 18.1 Å². The molecular formula is C38H42O10. The molecule has 10 nitrogen and oxygen atoms in total. The lowest BCUT2D eigenvalue weighted by atomic mass is 9.80. The number of ketones is 1. The standard InChI is InChI=1S/C38H42O10/c1-20-18-38-33(47-35(43)26-16-12-9-13-17-26)21(2)19-37(38,48-38)32(41)22(3)30(44-23(4)39)27-28(36(27,6)7)31(45-24(5)40)29(20)46-34(42)25-14-10-8-11-15-25/h8-18,21-22,27-31,33H,19H2,1-7H3. The third kappa shape index (κ3) is 5.44. The second-order valence-electron chi connectivity index (χ2n) is 14.3. The number of Topliss-reactive ketones (excluding diaryl/α,β-unsaturated/α-hetero) is 1. The van der Waals surface area contributed by atoms with Gasteiger partial charge in [0.2, 0.25) is 0 Å². The molecule has 1 heterocycles. The molecule has 4 aliphatic rings. The van der Waals surface area contributed by atoms with Gasteiger partial charge in [0.05, 0.1) is 17.0 Å². The van der Waals surface area contributed by atoms with Gasteiger partial charge in [0, 0.05) is 25.7 Å². The Morgan fingerprint density at radius 3 is 1.79 bits per heavy atom. The molecule has 48 heavy (non-hydrogen) atoms. The quantitative estimate of drug-likeness (QED) is 0.175. The Bertz CT molecular complexity index is 1660. The highest BCUT2D eigenvalue weighted by Crippen LogP contribution is 2.69. The van der Waals surface area contributed by atoms with Crippen molar-refractivity contribution in [2.75, 3.05) is 0 Å². The normalized spacial score (nSPS) is 36.1. The lowest BCUT2D eigenvalue weighted by molar-refractivity contribution is -0.158. The van der Waals surface area contributed by atoms with Crippen molar-refractivity contribution in [2.24, 2.45) is 29.1 Å². The number of rotatable bonds is 6. The van der Waals surface area contributed by atoms with Crippen molar-refractivity contribution in [1.29, 1.82) is 0 Å². The molecule has 10 heteroatoms. The largest absolute Gasteiger partial charge is 0.461 e. The minimum Gasteiger partial charge on any atom is -0.461 e. The zero-order valence-corrected chi connectivity index (χ0v) is 28.3. The Morgan fingerprint density at radius 1 is 0.750 bits per heavy atom. The average molecular weight is 659 g/mol. The lowest BCUT2D eigenvalue weighted by Gasteiger charge is -2.30. The smallest absolute Gasteiger partial charge is 0.338 e. The van der Waals surface area contributed by atoms with Crippen LogP contribution in [0.5, 0.6) is 0 Å². The molecule has 0 amide bonds. The van der Waals surface area contributed by atoms with Crippen LogP contribution in [0.4, 0.5) is 0 Å². The second-order valence-corrected chi connectivity index (χ2v) is 14.3. The van der Waals surface area contributed by atoms with Crippen molar-refractivity contribution in [3.8, 4) is 0 Å². The first-order valence-electron chi connectivity index (χ1n) is 16.4. The molecular weight excluding hydrogens is 616 g/mol. The Kier molecular flexibility index (Phi) is 8.38. The Hall–Kier alpha value is -4.31. The fourth-order valence-corrected chi connectivity index (χ4v) is 8.55. The van der Waals surface area contributed by atoms with Gasteiger partial charge >= 0.3 is 23.9 Å². The van der Waals surface area contributed by atoms with Crippen molar-refractivity contribution in [1.82, 2.24) is 0 Å². The zero-order chi connectivity index (χ0) is 34.8. The van der Waals surface area contributed by atoms with Crippen molar-refractivity contribution < 1.29 is 47.7 Å². The number of carbonyl (C=O) groups is 5. The van der Waals surface area contributed by atoms with Gasteiger partial charge in [-0.1, -0.05) is 64.1 Å². The summed E-state index contributed by atoms with van der Waals surface area (Å²) < 4.78 is 30.8. The predicted octanol–water partition coefficient (Wildman–Crippen LogP) is 5.29. The molecule has 2 saturated carbocycles.